The molecule has 1 aliphatic heterocycles. The molecule has 220 valence electrons. The number of methoxy groups -OCH3 is 1. The largest absolute Gasteiger partial charge is 0.484 e. The zero-order valence-corrected chi connectivity index (χ0v) is 22.1. The molecule has 2 rings (SSSR count). The summed E-state index contributed by atoms with van der Waals surface area (Å²) in [5, 5.41) is 1.74. The van der Waals surface area contributed by atoms with Gasteiger partial charge in [0.2, 0.25) is 5.76 Å². The van der Waals surface area contributed by atoms with Crippen LogP contribution in [-0.2, 0) is 47.7 Å². The normalized spacial score (nSPS) is 20.0. The van der Waals surface area contributed by atoms with E-state index in [1.807, 2.05) is 0 Å². The third-order valence-electron chi connectivity index (χ3n) is 5.28. The summed E-state index contributed by atoms with van der Waals surface area (Å²) in [7, 11) is 1.00. The zero-order valence-electron chi connectivity index (χ0n) is 22.1. The Bertz CT molecular complexity index is 1130. The summed E-state index contributed by atoms with van der Waals surface area (Å²) in [6.07, 6.45) is -11.3. The molecular formula is C25H28F3NO11. The van der Waals surface area contributed by atoms with Crippen LogP contribution in [0.5, 0.6) is 5.75 Å². The monoisotopic (exact) mass is 575 g/mol. The lowest BCUT2D eigenvalue weighted by Gasteiger charge is -2.41. The molecular weight excluding hydrogens is 547 g/mol. The van der Waals surface area contributed by atoms with Crippen LogP contribution in [0.1, 0.15) is 26.3 Å². The van der Waals surface area contributed by atoms with Gasteiger partial charge in [0.25, 0.3) is 0 Å². The summed E-state index contributed by atoms with van der Waals surface area (Å²) in [4.78, 5) is 59.9. The number of esters is 4. The first kappa shape index (κ1) is 31.9. The minimum atomic E-state index is -5.37. The summed E-state index contributed by atoms with van der Waals surface area (Å²) in [5.74, 6) is -6.74. The van der Waals surface area contributed by atoms with E-state index in [1.165, 1.54) is 12.1 Å². The van der Waals surface area contributed by atoms with E-state index in [4.69, 9.17) is 23.7 Å². The Morgan fingerprint density at radius 2 is 1.57 bits per heavy atom. The van der Waals surface area contributed by atoms with Gasteiger partial charge in [0, 0.05) is 26.8 Å². The Balaban J connectivity index is 2.70. The molecule has 0 spiro atoms. The van der Waals surface area contributed by atoms with E-state index in [-0.39, 0.29) is 5.75 Å². The smallest absolute Gasteiger partial charge is 0.471 e. The number of ether oxygens (including phenoxy) is 6. The van der Waals surface area contributed by atoms with Crippen molar-refractivity contribution in [1.29, 1.82) is 0 Å². The van der Waals surface area contributed by atoms with Gasteiger partial charge in [-0.05, 0) is 19.1 Å². The molecule has 1 N–H and O–H groups in total. The van der Waals surface area contributed by atoms with Crippen LogP contribution in [0, 0.1) is 6.92 Å². The van der Waals surface area contributed by atoms with Crippen molar-refractivity contribution in [2.45, 2.75) is 64.3 Å². The minimum Gasteiger partial charge on any atom is -0.484 e. The number of halogens is 3. The predicted octanol–water partition coefficient (Wildman–Crippen LogP) is 1.67. The van der Waals surface area contributed by atoms with Crippen molar-refractivity contribution >= 4 is 29.8 Å². The van der Waals surface area contributed by atoms with Gasteiger partial charge in [-0.15, -0.1) is 0 Å². The van der Waals surface area contributed by atoms with Gasteiger partial charge in [0.15, 0.2) is 18.3 Å². The first-order valence-electron chi connectivity index (χ1n) is 11.7. The molecule has 0 aromatic heterocycles. The highest BCUT2D eigenvalue weighted by Gasteiger charge is 2.51. The van der Waals surface area contributed by atoms with Gasteiger partial charge >= 0.3 is 36.0 Å². The van der Waals surface area contributed by atoms with Crippen LogP contribution in [-0.4, -0.2) is 80.1 Å². The van der Waals surface area contributed by atoms with Crippen LogP contribution in [0.15, 0.2) is 36.1 Å². The number of hydrogen-bond donors (Lipinski definition) is 1. The lowest BCUT2D eigenvalue weighted by molar-refractivity contribution is -0.192. The molecule has 1 amide bonds. The number of carbonyl (C=O) groups is 5. The first-order valence-corrected chi connectivity index (χ1v) is 11.7. The fraction of sp³-hybridized carbons (Fsp3) is 0.480. The number of benzene rings is 1. The maximum Gasteiger partial charge on any atom is 0.471 e. The summed E-state index contributed by atoms with van der Waals surface area (Å²) in [5.41, 5.74) is 0.828. The van der Waals surface area contributed by atoms with Crippen LogP contribution in [0.4, 0.5) is 13.2 Å². The molecule has 0 saturated carbocycles. The number of aryl methyl sites for hydroxylation is 1. The molecule has 1 aromatic rings. The summed E-state index contributed by atoms with van der Waals surface area (Å²) in [6, 6.07) is 4.43. The molecule has 0 aliphatic carbocycles. The van der Waals surface area contributed by atoms with E-state index in [0.717, 1.165) is 39.5 Å². The molecule has 0 fully saturated rings. The van der Waals surface area contributed by atoms with Crippen molar-refractivity contribution < 1.29 is 65.6 Å². The van der Waals surface area contributed by atoms with Crippen molar-refractivity contribution in [3.8, 4) is 5.75 Å². The third kappa shape index (κ3) is 9.17. The van der Waals surface area contributed by atoms with E-state index < -0.39 is 78.8 Å². The van der Waals surface area contributed by atoms with Gasteiger partial charge in [0.05, 0.1) is 7.11 Å². The van der Waals surface area contributed by atoms with Crippen LogP contribution < -0.4 is 10.1 Å². The average molecular weight is 575 g/mol. The topological polar surface area (TPSA) is 153 Å². The van der Waals surface area contributed by atoms with Gasteiger partial charge in [-0.3, -0.25) is 19.2 Å². The molecule has 0 bridgehead atoms. The Morgan fingerprint density at radius 3 is 2.08 bits per heavy atom. The molecule has 12 nitrogen and oxygen atoms in total. The van der Waals surface area contributed by atoms with E-state index in [0.29, 0.717) is 0 Å². The second-order valence-corrected chi connectivity index (χ2v) is 8.52. The third-order valence-corrected chi connectivity index (χ3v) is 5.28. The minimum absolute atomic E-state index is 0.128. The van der Waals surface area contributed by atoms with Crippen LogP contribution >= 0.6 is 0 Å². The number of amides is 1. The van der Waals surface area contributed by atoms with E-state index in [2.05, 4.69) is 4.74 Å². The average Bonchev–Trinajstić information content (AvgIpc) is 2.85. The molecule has 5 atom stereocenters. The van der Waals surface area contributed by atoms with Crippen molar-refractivity contribution in [1.82, 2.24) is 5.32 Å². The van der Waals surface area contributed by atoms with E-state index >= 15 is 0 Å². The summed E-state index contributed by atoms with van der Waals surface area (Å²) >= 11 is 0. The number of alkyl halides is 3. The maximum atomic E-state index is 13.3. The molecule has 1 aliphatic rings. The van der Waals surface area contributed by atoms with Crippen LogP contribution in [0.2, 0.25) is 0 Å². The molecule has 1 heterocycles. The highest BCUT2D eigenvalue weighted by Crippen LogP contribution is 2.30. The van der Waals surface area contributed by atoms with E-state index in [9.17, 15) is 37.1 Å². The number of hydrogen-bond acceptors (Lipinski definition) is 11. The fourth-order valence-corrected chi connectivity index (χ4v) is 3.62. The van der Waals surface area contributed by atoms with Crippen LogP contribution in [0.25, 0.3) is 0 Å². The lowest BCUT2D eigenvalue weighted by Crippen LogP contribution is -2.63. The number of rotatable bonds is 10. The maximum absolute atomic E-state index is 13.3. The predicted molar refractivity (Wildman–Crippen MR) is 126 cm³/mol. The van der Waals surface area contributed by atoms with E-state index in [1.54, 1.807) is 24.4 Å². The number of carbonyl (C=O) groups excluding carboxylic acids is 5. The fourth-order valence-electron chi connectivity index (χ4n) is 3.62. The Hall–Kier alpha value is -4.30. The Morgan fingerprint density at radius 1 is 0.975 bits per heavy atom. The van der Waals surface area contributed by atoms with Crippen LogP contribution in [0.3, 0.4) is 0 Å². The molecule has 1 aromatic carbocycles. The second kappa shape index (κ2) is 13.7. The molecule has 0 radical (unpaired) electrons. The summed E-state index contributed by atoms with van der Waals surface area (Å²) < 4.78 is 71.4. The van der Waals surface area contributed by atoms with Gasteiger partial charge in [-0.25, -0.2) is 4.79 Å². The SMILES string of the molecule is COC(=O)C1=C[C@H](Oc2ccc(C)cc2)[C@@H](NC(=O)C(F)(F)F)[C@H]([C@H](OC(C)=O)[C@@H](COC(C)=O)OC(C)=O)O1. The standard InChI is InChI=1S/C25H28F3NO11/c1-12-6-8-16(9-7-12)39-17-10-18(23(33)35-5)40-22(20(17)29-24(34)25(26,27)28)21(38-15(4)32)19(37-14(3)31)11-36-13(2)30/h6-10,17,19-22H,11H2,1-5H3,(H,29,34)/t17-,19+,20+,21+,22+/m0/s1. The van der Waals surface area contributed by atoms with Gasteiger partial charge < -0.3 is 33.7 Å². The Kier molecular flexibility index (Phi) is 10.9. The molecule has 0 unspecified atom stereocenters. The van der Waals surface area contributed by atoms with Gasteiger partial charge in [-0.2, -0.15) is 13.2 Å². The highest BCUT2D eigenvalue weighted by molar-refractivity contribution is 5.87. The summed E-state index contributed by atoms with van der Waals surface area (Å²) in [6.45, 7) is 3.98. The van der Waals surface area contributed by atoms with Crippen molar-refractivity contribution in [2.24, 2.45) is 0 Å². The molecule has 15 heteroatoms. The molecule has 40 heavy (non-hydrogen) atoms. The number of nitrogens with one attached hydrogen (secondary N) is 1. The highest BCUT2D eigenvalue weighted by atomic mass is 19.4. The van der Waals surface area contributed by atoms with Crippen molar-refractivity contribution in [3.05, 3.63) is 41.7 Å². The van der Waals surface area contributed by atoms with Gasteiger partial charge in [0.1, 0.15) is 24.5 Å². The first-order chi connectivity index (χ1) is 18.6. The lowest BCUT2D eigenvalue weighted by atomic mass is 9.93. The quantitative estimate of drug-likeness (QED) is 0.320. The van der Waals surface area contributed by atoms with Crippen molar-refractivity contribution in [2.75, 3.05) is 13.7 Å². The second-order valence-electron chi connectivity index (χ2n) is 8.52. The van der Waals surface area contributed by atoms with Gasteiger partial charge in [-0.1, -0.05) is 17.7 Å². The Labute approximate surface area is 226 Å². The van der Waals surface area contributed by atoms with Crippen molar-refractivity contribution in [3.63, 3.8) is 0 Å². The molecule has 0 saturated heterocycles. The zero-order chi connectivity index (χ0) is 30.2.